The van der Waals surface area contributed by atoms with Crippen LogP contribution in [0.15, 0.2) is 0 Å². The summed E-state index contributed by atoms with van der Waals surface area (Å²) in [6.07, 6.45) is 8.03. The van der Waals surface area contributed by atoms with Crippen LogP contribution in [0.5, 0.6) is 0 Å². The molecule has 2 N–H and O–H groups in total. The maximum atomic E-state index is 6.50. The van der Waals surface area contributed by atoms with Crippen LogP contribution < -0.4 is 5.73 Å². The van der Waals surface area contributed by atoms with Gasteiger partial charge in [0.15, 0.2) is 0 Å². The number of hydrogen-bond acceptors (Lipinski definition) is 2. The van der Waals surface area contributed by atoms with Gasteiger partial charge in [-0.05, 0) is 32.6 Å². The molecule has 17 heavy (non-hydrogen) atoms. The summed E-state index contributed by atoms with van der Waals surface area (Å²) in [4.78, 5) is 0. The van der Waals surface area contributed by atoms with E-state index in [9.17, 15) is 0 Å². The van der Waals surface area contributed by atoms with Crippen molar-refractivity contribution in [3.05, 3.63) is 17.0 Å². The Bertz CT molecular complexity index is 373. The highest BCUT2D eigenvalue weighted by atomic mass is 15.3. The van der Waals surface area contributed by atoms with Gasteiger partial charge in [-0.15, -0.1) is 0 Å². The summed E-state index contributed by atoms with van der Waals surface area (Å²) < 4.78 is 1.96. The number of nitrogens with two attached hydrogens (primary N) is 1. The molecule has 1 fully saturated rings. The van der Waals surface area contributed by atoms with Crippen molar-refractivity contribution in [3.8, 4) is 0 Å². The van der Waals surface area contributed by atoms with E-state index in [1.807, 2.05) is 11.7 Å². The molecule has 1 saturated carbocycles. The SMILES string of the molecule is Cc1nn(C)c(C)c1C(N)C1CCCCCC1. The van der Waals surface area contributed by atoms with Crippen LogP contribution in [-0.4, -0.2) is 9.78 Å². The molecule has 0 spiro atoms. The van der Waals surface area contributed by atoms with Gasteiger partial charge in [0.05, 0.1) is 5.69 Å². The normalized spacial score (nSPS) is 20.2. The molecule has 0 aromatic carbocycles. The van der Waals surface area contributed by atoms with Crippen LogP contribution in [0.2, 0.25) is 0 Å². The zero-order chi connectivity index (χ0) is 12.4. The Morgan fingerprint density at radius 3 is 2.24 bits per heavy atom. The lowest BCUT2D eigenvalue weighted by atomic mass is 9.87. The van der Waals surface area contributed by atoms with Crippen LogP contribution in [0.25, 0.3) is 0 Å². The second-order valence-electron chi connectivity index (χ2n) is 5.49. The number of rotatable bonds is 2. The summed E-state index contributed by atoms with van der Waals surface area (Å²) in [7, 11) is 2.01. The molecule has 1 aromatic rings. The maximum absolute atomic E-state index is 6.50. The molecular weight excluding hydrogens is 210 g/mol. The zero-order valence-corrected chi connectivity index (χ0v) is 11.4. The lowest BCUT2D eigenvalue weighted by Crippen LogP contribution is -2.22. The van der Waals surface area contributed by atoms with E-state index in [0.29, 0.717) is 5.92 Å². The summed E-state index contributed by atoms with van der Waals surface area (Å²) in [6, 6.07) is 0.182. The first-order valence-electron chi connectivity index (χ1n) is 6.87. The van der Waals surface area contributed by atoms with Crippen molar-refractivity contribution in [2.45, 2.75) is 58.4 Å². The average Bonchev–Trinajstić information content (AvgIpc) is 2.52. The standard InChI is InChI=1S/C14H25N3/c1-10-13(11(2)17(3)16-10)14(15)12-8-6-4-5-7-9-12/h12,14H,4-9,15H2,1-3H3. The fourth-order valence-electron chi connectivity index (χ4n) is 3.18. The van der Waals surface area contributed by atoms with Crippen LogP contribution in [0.4, 0.5) is 0 Å². The molecule has 0 amide bonds. The number of aromatic nitrogens is 2. The Hall–Kier alpha value is -0.830. The summed E-state index contributed by atoms with van der Waals surface area (Å²) >= 11 is 0. The predicted octanol–water partition coefficient (Wildman–Crippen LogP) is 3.01. The van der Waals surface area contributed by atoms with E-state index in [1.165, 1.54) is 49.8 Å². The number of aryl methyl sites for hydroxylation is 2. The van der Waals surface area contributed by atoms with Crippen LogP contribution >= 0.6 is 0 Å². The Morgan fingerprint density at radius 2 is 1.76 bits per heavy atom. The molecule has 0 saturated heterocycles. The third kappa shape index (κ3) is 2.54. The first kappa shape index (κ1) is 12.6. The van der Waals surface area contributed by atoms with Gasteiger partial charge in [0.2, 0.25) is 0 Å². The first-order chi connectivity index (χ1) is 8.11. The number of nitrogens with zero attached hydrogens (tertiary/aromatic N) is 2. The summed E-state index contributed by atoms with van der Waals surface area (Å²) in [5.74, 6) is 0.652. The molecule has 3 heteroatoms. The van der Waals surface area contributed by atoms with E-state index in [1.54, 1.807) is 0 Å². The van der Waals surface area contributed by atoms with Crippen molar-refractivity contribution in [2.75, 3.05) is 0 Å². The predicted molar refractivity (Wildman–Crippen MR) is 70.8 cm³/mol. The highest BCUT2D eigenvalue weighted by Gasteiger charge is 2.25. The van der Waals surface area contributed by atoms with Crippen molar-refractivity contribution >= 4 is 0 Å². The summed E-state index contributed by atoms with van der Waals surface area (Å²) in [5.41, 5.74) is 10.1. The molecule has 0 bridgehead atoms. The van der Waals surface area contributed by atoms with E-state index in [-0.39, 0.29) is 6.04 Å². The molecule has 2 rings (SSSR count). The molecule has 1 heterocycles. The van der Waals surface area contributed by atoms with Gasteiger partial charge in [-0.3, -0.25) is 4.68 Å². The van der Waals surface area contributed by atoms with Gasteiger partial charge in [0.25, 0.3) is 0 Å². The topological polar surface area (TPSA) is 43.8 Å². The molecule has 1 unspecified atom stereocenters. The average molecular weight is 235 g/mol. The van der Waals surface area contributed by atoms with E-state index >= 15 is 0 Å². The minimum atomic E-state index is 0.182. The Balaban J connectivity index is 2.20. The fourth-order valence-corrected chi connectivity index (χ4v) is 3.18. The van der Waals surface area contributed by atoms with Crippen molar-refractivity contribution in [3.63, 3.8) is 0 Å². The van der Waals surface area contributed by atoms with E-state index in [0.717, 1.165) is 5.69 Å². The molecule has 1 atom stereocenters. The van der Waals surface area contributed by atoms with Crippen LogP contribution in [0.3, 0.4) is 0 Å². The molecule has 0 aliphatic heterocycles. The third-order valence-electron chi connectivity index (χ3n) is 4.31. The largest absolute Gasteiger partial charge is 0.324 e. The molecule has 1 aromatic heterocycles. The van der Waals surface area contributed by atoms with Gasteiger partial charge in [-0.2, -0.15) is 5.10 Å². The molecule has 3 nitrogen and oxygen atoms in total. The van der Waals surface area contributed by atoms with Gasteiger partial charge in [-0.1, -0.05) is 25.7 Å². The van der Waals surface area contributed by atoms with Gasteiger partial charge >= 0.3 is 0 Å². The molecular formula is C14H25N3. The van der Waals surface area contributed by atoms with Crippen LogP contribution in [0.1, 0.15) is 61.5 Å². The Labute approximate surface area is 104 Å². The highest BCUT2D eigenvalue weighted by Crippen LogP contribution is 2.34. The minimum absolute atomic E-state index is 0.182. The van der Waals surface area contributed by atoms with Crippen LogP contribution in [0, 0.1) is 19.8 Å². The molecule has 96 valence electrons. The van der Waals surface area contributed by atoms with Crippen molar-refractivity contribution < 1.29 is 0 Å². The summed E-state index contributed by atoms with van der Waals surface area (Å²) in [6.45, 7) is 4.21. The number of hydrogen-bond donors (Lipinski definition) is 1. The molecule has 1 aliphatic carbocycles. The minimum Gasteiger partial charge on any atom is -0.324 e. The van der Waals surface area contributed by atoms with E-state index in [2.05, 4.69) is 18.9 Å². The zero-order valence-electron chi connectivity index (χ0n) is 11.4. The smallest absolute Gasteiger partial charge is 0.0644 e. The monoisotopic (exact) mass is 235 g/mol. The van der Waals surface area contributed by atoms with Crippen molar-refractivity contribution in [1.82, 2.24) is 9.78 Å². The van der Waals surface area contributed by atoms with Gasteiger partial charge in [0, 0.05) is 24.3 Å². The summed E-state index contributed by atoms with van der Waals surface area (Å²) in [5, 5.41) is 4.49. The van der Waals surface area contributed by atoms with Gasteiger partial charge in [0.1, 0.15) is 0 Å². The fraction of sp³-hybridized carbons (Fsp3) is 0.786. The first-order valence-corrected chi connectivity index (χ1v) is 6.87. The van der Waals surface area contributed by atoms with Crippen molar-refractivity contribution in [1.29, 1.82) is 0 Å². The lowest BCUT2D eigenvalue weighted by Gasteiger charge is -2.23. The lowest BCUT2D eigenvalue weighted by molar-refractivity contribution is 0.380. The Morgan fingerprint density at radius 1 is 1.18 bits per heavy atom. The Kier molecular flexibility index (Phi) is 3.87. The molecule has 1 aliphatic rings. The maximum Gasteiger partial charge on any atom is 0.0644 e. The highest BCUT2D eigenvalue weighted by molar-refractivity contribution is 5.28. The van der Waals surface area contributed by atoms with E-state index in [4.69, 9.17) is 5.73 Å². The van der Waals surface area contributed by atoms with Gasteiger partial charge in [-0.25, -0.2) is 0 Å². The van der Waals surface area contributed by atoms with E-state index < -0.39 is 0 Å². The van der Waals surface area contributed by atoms with Gasteiger partial charge < -0.3 is 5.73 Å². The molecule has 0 radical (unpaired) electrons. The quantitative estimate of drug-likeness (QED) is 0.801. The second kappa shape index (κ2) is 5.21. The van der Waals surface area contributed by atoms with Crippen molar-refractivity contribution in [2.24, 2.45) is 18.7 Å². The second-order valence-corrected chi connectivity index (χ2v) is 5.49. The van der Waals surface area contributed by atoms with Crippen LogP contribution in [-0.2, 0) is 7.05 Å². The third-order valence-corrected chi connectivity index (χ3v) is 4.31.